The van der Waals surface area contributed by atoms with E-state index in [1.165, 1.54) is 0 Å². The second kappa shape index (κ2) is 16.2. The Morgan fingerprint density at radius 3 is 2.44 bits per heavy atom. The Bertz CT molecular complexity index is 364. The minimum Gasteiger partial charge on any atom is -0.396 e. The second-order valence-electron chi connectivity index (χ2n) is 7.34. The van der Waals surface area contributed by atoms with Gasteiger partial charge in [-0.25, -0.2) is 9.78 Å². The van der Waals surface area contributed by atoms with Crippen molar-refractivity contribution in [3.05, 3.63) is 0 Å². The molecule has 2 unspecified atom stereocenters. The molecule has 0 saturated carbocycles. The van der Waals surface area contributed by atoms with E-state index in [0.717, 1.165) is 12.8 Å². The number of nitrogens with one attached hydrogen (secondary N) is 2. The van der Waals surface area contributed by atoms with E-state index in [9.17, 15) is 9.90 Å². The van der Waals surface area contributed by atoms with Crippen LogP contribution in [-0.2, 0) is 24.1 Å². The molecule has 27 heavy (non-hydrogen) atoms. The lowest BCUT2D eigenvalue weighted by Gasteiger charge is -2.36. The minimum absolute atomic E-state index is 0.0330. The number of hydrogen-bond acceptors (Lipinski definition) is 9. The van der Waals surface area contributed by atoms with Crippen LogP contribution in [0.25, 0.3) is 0 Å². The Hall–Kier alpha value is -0.810. The molecule has 0 aromatic rings. The van der Waals surface area contributed by atoms with Gasteiger partial charge < -0.3 is 19.8 Å². The van der Waals surface area contributed by atoms with E-state index >= 15 is 0 Å². The van der Waals surface area contributed by atoms with Gasteiger partial charge in [-0.3, -0.25) is 10.1 Å². The Morgan fingerprint density at radius 1 is 1.11 bits per heavy atom. The van der Waals surface area contributed by atoms with Crippen molar-refractivity contribution in [1.29, 1.82) is 0 Å². The monoisotopic (exact) mass is 394 g/mol. The van der Waals surface area contributed by atoms with Gasteiger partial charge in [0.1, 0.15) is 13.3 Å². The summed E-state index contributed by atoms with van der Waals surface area (Å²) in [7, 11) is 0. The van der Waals surface area contributed by atoms with Crippen LogP contribution in [0.15, 0.2) is 0 Å². The van der Waals surface area contributed by atoms with E-state index in [1.807, 2.05) is 20.8 Å². The van der Waals surface area contributed by atoms with Gasteiger partial charge in [0.15, 0.2) is 0 Å². The Labute approximate surface area is 162 Å². The number of ether oxygens (including phenoxy) is 1. The first kappa shape index (κ1) is 26.2. The van der Waals surface area contributed by atoms with Gasteiger partial charge >= 0.3 is 5.97 Å². The molecule has 0 bridgehead atoms. The number of unbranched alkanes of at least 4 members (excludes halogenated alkanes) is 1. The molecule has 0 heterocycles. The zero-order valence-electron chi connectivity index (χ0n) is 17.2. The van der Waals surface area contributed by atoms with Crippen LogP contribution in [0, 0.1) is 11.3 Å². The molecule has 0 saturated heterocycles. The number of carbonyl (C=O) groups excluding carboxylic acids is 1. The van der Waals surface area contributed by atoms with Gasteiger partial charge in [0.25, 0.3) is 0 Å². The largest absolute Gasteiger partial charge is 0.396 e. The molecule has 0 aliphatic carbocycles. The quantitative estimate of drug-likeness (QED) is 0.123. The highest BCUT2D eigenvalue weighted by Gasteiger charge is 2.33. The third-order valence-corrected chi connectivity index (χ3v) is 3.88. The number of rotatable bonds is 17. The Balaban J connectivity index is 4.31. The molecular formula is C18H38N2O7. The summed E-state index contributed by atoms with van der Waals surface area (Å²) < 4.78 is 5.05. The molecule has 0 radical (unpaired) electrons. The molecule has 0 aliphatic rings. The van der Waals surface area contributed by atoms with Crippen molar-refractivity contribution in [2.45, 2.75) is 53.0 Å². The first-order valence-corrected chi connectivity index (χ1v) is 9.56. The average molecular weight is 395 g/mol. The molecule has 4 N–H and O–H groups in total. The molecule has 9 nitrogen and oxygen atoms in total. The summed E-state index contributed by atoms with van der Waals surface area (Å²) >= 11 is 0. The SMILES string of the molecule is CCCCNOC(=O)CC(CO)C(NCOOCCOCCO)C(C)(C)C. The van der Waals surface area contributed by atoms with Crippen molar-refractivity contribution in [1.82, 2.24) is 10.8 Å². The zero-order chi connectivity index (χ0) is 20.5. The summed E-state index contributed by atoms with van der Waals surface area (Å²) in [5, 5.41) is 21.5. The fourth-order valence-electron chi connectivity index (χ4n) is 2.59. The van der Waals surface area contributed by atoms with E-state index in [4.69, 9.17) is 24.5 Å². The first-order chi connectivity index (χ1) is 12.9. The number of hydroxylamine groups is 1. The number of aliphatic hydroxyl groups excluding tert-OH is 2. The lowest BCUT2D eigenvalue weighted by molar-refractivity contribution is -0.305. The van der Waals surface area contributed by atoms with Gasteiger partial charge in [0.05, 0.1) is 26.2 Å². The Morgan fingerprint density at radius 2 is 1.85 bits per heavy atom. The van der Waals surface area contributed by atoms with Crippen molar-refractivity contribution in [3.8, 4) is 0 Å². The van der Waals surface area contributed by atoms with Crippen molar-refractivity contribution in [3.63, 3.8) is 0 Å². The van der Waals surface area contributed by atoms with E-state index < -0.39 is 5.97 Å². The molecule has 0 fully saturated rings. The fourth-order valence-corrected chi connectivity index (χ4v) is 2.59. The summed E-state index contributed by atoms with van der Waals surface area (Å²) in [6, 6.07) is -0.195. The van der Waals surface area contributed by atoms with Crippen LogP contribution in [-0.4, -0.2) is 68.5 Å². The minimum atomic E-state index is -0.403. The standard InChI is InChI=1S/C18H38N2O7/c1-5-6-7-20-27-16(23)12-15(13-22)17(18(2,3)4)19-14-26-25-11-10-24-9-8-21/h15,17,19-22H,5-14H2,1-4H3. The smallest absolute Gasteiger partial charge is 0.325 e. The third-order valence-electron chi connectivity index (χ3n) is 3.88. The van der Waals surface area contributed by atoms with Crippen molar-refractivity contribution < 1.29 is 34.4 Å². The molecule has 0 aromatic carbocycles. The van der Waals surface area contributed by atoms with E-state index in [1.54, 1.807) is 0 Å². The van der Waals surface area contributed by atoms with Crippen LogP contribution in [0.1, 0.15) is 47.0 Å². The lowest BCUT2D eigenvalue weighted by atomic mass is 9.78. The maximum Gasteiger partial charge on any atom is 0.325 e. The van der Waals surface area contributed by atoms with Gasteiger partial charge in [-0.05, 0) is 11.8 Å². The maximum absolute atomic E-state index is 12.0. The highest BCUT2D eigenvalue weighted by atomic mass is 17.2. The van der Waals surface area contributed by atoms with Crippen LogP contribution in [0.2, 0.25) is 0 Å². The summed E-state index contributed by atoms with van der Waals surface area (Å²) in [4.78, 5) is 27.1. The topological polar surface area (TPSA) is 119 Å². The van der Waals surface area contributed by atoms with E-state index in [0.29, 0.717) is 13.2 Å². The predicted molar refractivity (Wildman–Crippen MR) is 100 cm³/mol. The molecular weight excluding hydrogens is 356 g/mol. The lowest BCUT2D eigenvalue weighted by Crippen LogP contribution is -2.48. The molecule has 2 atom stereocenters. The van der Waals surface area contributed by atoms with Crippen LogP contribution in [0.5, 0.6) is 0 Å². The highest BCUT2D eigenvalue weighted by Crippen LogP contribution is 2.27. The highest BCUT2D eigenvalue weighted by molar-refractivity contribution is 5.69. The third kappa shape index (κ3) is 13.9. The zero-order valence-corrected chi connectivity index (χ0v) is 17.2. The molecule has 0 rings (SSSR count). The Kier molecular flexibility index (Phi) is 15.7. The normalized spacial score (nSPS) is 14.1. The van der Waals surface area contributed by atoms with Gasteiger partial charge in [-0.2, -0.15) is 5.48 Å². The second-order valence-corrected chi connectivity index (χ2v) is 7.34. The summed E-state index contributed by atoms with van der Waals surface area (Å²) in [5.74, 6) is -0.735. The van der Waals surface area contributed by atoms with Gasteiger partial charge in [0.2, 0.25) is 0 Å². The van der Waals surface area contributed by atoms with Gasteiger partial charge in [-0.1, -0.05) is 34.1 Å². The molecule has 0 amide bonds. The molecule has 0 spiro atoms. The van der Waals surface area contributed by atoms with Crippen molar-refractivity contribution in [2.24, 2.45) is 11.3 Å². The van der Waals surface area contributed by atoms with Gasteiger partial charge in [-0.15, -0.1) is 0 Å². The van der Waals surface area contributed by atoms with Crippen molar-refractivity contribution >= 4 is 5.97 Å². The maximum atomic E-state index is 12.0. The molecule has 162 valence electrons. The summed E-state index contributed by atoms with van der Waals surface area (Å²) in [6.07, 6.45) is 2.02. The van der Waals surface area contributed by atoms with Crippen LogP contribution >= 0.6 is 0 Å². The molecule has 0 aromatic heterocycles. The van der Waals surface area contributed by atoms with E-state index in [-0.39, 0.29) is 57.0 Å². The predicted octanol–water partition coefficient (Wildman–Crippen LogP) is 0.752. The number of aliphatic hydroxyl groups is 2. The molecule has 0 aliphatic heterocycles. The number of hydrogen-bond donors (Lipinski definition) is 4. The van der Waals surface area contributed by atoms with Crippen LogP contribution < -0.4 is 10.8 Å². The first-order valence-electron chi connectivity index (χ1n) is 9.56. The number of carbonyl (C=O) groups is 1. The summed E-state index contributed by atoms with van der Waals surface area (Å²) in [5.41, 5.74) is 2.42. The fraction of sp³-hybridized carbons (Fsp3) is 0.944. The van der Waals surface area contributed by atoms with E-state index in [2.05, 4.69) is 17.7 Å². The average Bonchev–Trinajstić information content (AvgIpc) is 2.61. The van der Waals surface area contributed by atoms with Crippen LogP contribution in [0.4, 0.5) is 0 Å². The molecule has 9 heteroatoms. The summed E-state index contributed by atoms with van der Waals surface area (Å²) in [6.45, 7) is 9.44. The van der Waals surface area contributed by atoms with Crippen LogP contribution in [0.3, 0.4) is 0 Å². The van der Waals surface area contributed by atoms with Crippen molar-refractivity contribution in [2.75, 3.05) is 46.3 Å². The van der Waals surface area contributed by atoms with Gasteiger partial charge in [0, 0.05) is 25.1 Å².